The minimum Gasteiger partial charge on any atom is -0.372 e. The van der Waals surface area contributed by atoms with E-state index < -0.39 is 0 Å². The average molecular weight is 320 g/mol. The summed E-state index contributed by atoms with van der Waals surface area (Å²) in [5.74, 6) is -0.127. The van der Waals surface area contributed by atoms with Crippen LogP contribution in [0, 0.1) is 0 Å². The van der Waals surface area contributed by atoms with Crippen molar-refractivity contribution in [2.45, 2.75) is 46.1 Å². The van der Waals surface area contributed by atoms with E-state index in [1.54, 1.807) is 9.58 Å². The van der Waals surface area contributed by atoms with Gasteiger partial charge in [-0.15, -0.1) is 5.10 Å². The fourth-order valence-electron chi connectivity index (χ4n) is 2.84. The predicted octanol–water partition coefficient (Wildman–Crippen LogP) is -0.356. The highest BCUT2D eigenvalue weighted by atomic mass is 16.5. The van der Waals surface area contributed by atoms with Gasteiger partial charge in [-0.3, -0.25) is 14.2 Å². The van der Waals surface area contributed by atoms with E-state index in [9.17, 15) is 9.59 Å². The van der Waals surface area contributed by atoms with Gasteiger partial charge in [0.25, 0.3) is 5.56 Å². The van der Waals surface area contributed by atoms with Crippen molar-refractivity contribution in [2.75, 3.05) is 13.1 Å². The molecule has 9 heteroatoms. The third-order valence-corrected chi connectivity index (χ3v) is 3.87. The molecule has 3 heterocycles. The van der Waals surface area contributed by atoms with Crippen molar-refractivity contribution in [2.24, 2.45) is 0 Å². The van der Waals surface area contributed by atoms with Crippen LogP contribution < -0.4 is 5.56 Å². The molecule has 1 fully saturated rings. The topological polar surface area (TPSA) is 95.1 Å². The van der Waals surface area contributed by atoms with Crippen molar-refractivity contribution < 1.29 is 9.53 Å². The molecular formula is C14H20N6O3. The van der Waals surface area contributed by atoms with Crippen LogP contribution in [0.2, 0.25) is 0 Å². The summed E-state index contributed by atoms with van der Waals surface area (Å²) in [6.45, 7) is 7.33. The van der Waals surface area contributed by atoms with Gasteiger partial charge >= 0.3 is 0 Å². The van der Waals surface area contributed by atoms with E-state index in [2.05, 4.69) is 15.3 Å². The van der Waals surface area contributed by atoms with Gasteiger partial charge in [0.1, 0.15) is 12.9 Å². The van der Waals surface area contributed by atoms with Crippen molar-refractivity contribution in [3.63, 3.8) is 0 Å². The number of ether oxygens (including phenoxy) is 1. The molecule has 0 spiro atoms. The summed E-state index contributed by atoms with van der Waals surface area (Å²) in [7, 11) is 0. The second-order valence-corrected chi connectivity index (χ2v) is 5.81. The first kappa shape index (κ1) is 15.6. The molecule has 2 aromatic rings. The molecule has 0 aromatic carbocycles. The molecule has 1 aliphatic rings. The lowest BCUT2D eigenvalue weighted by atomic mass is 10.2. The van der Waals surface area contributed by atoms with Crippen LogP contribution in [0.4, 0.5) is 0 Å². The van der Waals surface area contributed by atoms with Gasteiger partial charge < -0.3 is 9.64 Å². The number of hydrogen-bond donors (Lipinski definition) is 0. The summed E-state index contributed by atoms with van der Waals surface area (Å²) in [6.07, 6.45) is 1.36. The number of amides is 1. The molecule has 0 saturated carbocycles. The molecule has 124 valence electrons. The molecule has 3 rings (SSSR count). The Balaban J connectivity index is 1.82. The minimum atomic E-state index is -0.350. The van der Waals surface area contributed by atoms with E-state index in [1.807, 2.05) is 20.8 Å². The Kier molecular flexibility index (Phi) is 4.12. The van der Waals surface area contributed by atoms with Crippen LogP contribution in [-0.2, 0) is 22.6 Å². The third kappa shape index (κ3) is 2.96. The van der Waals surface area contributed by atoms with E-state index in [-0.39, 0.29) is 35.7 Å². The first-order chi connectivity index (χ1) is 11.0. The van der Waals surface area contributed by atoms with Gasteiger partial charge in [-0.05, 0) is 20.8 Å². The molecule has 2 unspecified atom stereocenters. The fourth-order valence-corrected chi connectivity index (χ4v) is 2.84. The van der Waals surface area contributed by atoms with Crippen LogP contribution in [0.3, 0.4) is 0 Å². The number of aromatic nitrogens is 5. The number of nitrogens with zero attached hydrogens (tertiary/aromatic N) is 6. The van der Waals surface area contributed by atoms with Crippen molar-refractivity contribution in [3.8, 4) is 0 Å². The Morgan fingerprint density at radius 2 is 2.04 bits per heavy atom. The number of fused-ring (bicyclic) bond motifs is 1. The normalized spacial score (nSPS) is 21.8. The summed E-state index contributed by atoms with van der Waals surface area (Å²) in [5, 5.41) is 7.75. The second kappa shape index (κ2) is 6.07. The number of aryl methyl sites for hydroxylation is 1. The molecular weight excluding hydrogens is 300 g/mol. The maximum Gasteiger partial charge on any atom is 0.283 e. The molecule has 2 aromatic heterocycles. The molecule has 23 heavy (non-hydrogen) atoms. The summed E-state index contributed by atoms with van der Waals surface area (Å²) in [6, 6.07) is 0. The first-order valence-corrected chi connectivity index (χ1v) is 7.71. The quantitative estimate of drug-likeness (QED) is 0.767. The zero-order valence-electron chi connectivity index (χ0n) is 13.5. The van der Waals surface area contributed by atoms with Crippen LogP contribution in [0.5, 0.6) is 0 Å². The molecule has 1 aliphatic heterocycles. The van der Waals surface area contributed by atoms with Gasteiger partial charge in [0.05, 0.1) is 12.2 Å². The fraction of sp³-hybridized carbons (Fsp3) is 0.643. The molecule has 2 atom stereocenters. The lowest BCUT2D eigenvalue weighted by molar-refractivity contribution is -0.143. The molecule has 1 amide bonds. The Hall–Kier alpha value is -2.29. The Labute approximate surface area is 132 Å². The van der Waals surface area contributed by atoms with E-state index in [0.29, 0.717) is 25.3 Å². The monoisotopic (exact) mass is 320 g/mol. The predicted molar refractivity (Wildman–Crippen MR) is 81.8 cm³/mol. The van der Waals surface area contributed by atoms with E-state index in [4.69, 9.17) is 4.74 Å². The molecule has 1 saturated heterocycles. The number of hydrogen-bond acceptors (Lipinski definition) is 6. The lowest BCUT2D eigenvalue weighted by Crippen LogP contribution is -2.49. The summed E-state index contributed by atoms with van der Waals surface area (Å²) in [5.41, 5.74) is 0.276. The van der Waals surface area contributed by atoms with E-state index in [0.717, 1.165) is 0 Å². The van der Waals surface area contributed by atoms with Crippen LogP contribution >= 0.6 is 0 Å². The van der Waals surface area contributed by atoms with Crippen molar-refractivity contribution in [3.05, 3.63) is 16.7 Å². The van der Waals surface area contributed by atoms with Crippen molar-refractivity contribution in [1.29, 1.82) is 0 Å². The highest BCUT2D eigenvalue weighted by molar-refractivity contribution is 5.76. The zero-order chi connectivity index (χ0) is 16.6. The van der Waals surface area contributed by atoms with Gasteiger partial charge in [-0.1, -0.05) is 5.21 Å². The Bertz CT molecular complexity index is 772. The number of carbonyl (C=O) groups excluding carboxylic acids is 1. The lowest BCUT2D eigenvalue weighted by Gasteiger charge is -2.35. The SMILES string of the molecule is CCn1nnc2c(=O)n(CC(=O)N3CC(C)OC(C)C3)cnc21. The van der Waals surface area contributed by atoms with Crippen LogP contribution in [-0.4, -0.2) is 60.6 Å². The Morgan fingerprint density at radius 3 is 2.70 bits per heavy atom. The van der Waals surface area contributed by atoms with Gasteiger partial charge in [0.15, 0.2) is 11.2 Å². The van der Waals surface area contributed by atoms with Crippen LogP contribution in [0.1, 0.15) is 20.8 Å². The molecule has 0 radical (unpaired) electrons. The summed E-state index contributed by atoms with van der Waals surface area (Å²) < 4.78 is 8.45. The number of carbonyl (C=O) groups is 1. The third-order valence-electron chi connectivity index (χ3n) is 3.87. The van der Waals surface area contributed by atoms with Crippen LogP contribution in [0.25, 0.3) is 11.2 Å². The van der Waals surface area contributed by atoms with Crippen molar-refractivity contribution in [1.82, 2.24) is 29.4 Å². The molecule has 0 bridgehead atoms. The highest BCUT2D eigenvalue weighted by Gasteiger charge is 2.26. The molecule has 0 aliphatic carbocycles. The zero-order valence-corrected chi connectivity index (χ0v) is 13.5. The number of morpholine rings is 1. The van der Waals surface area contributed by atoms with Crippen molar-refractivity contribution >= 4 is 17.1 Å². The van der Waals surface area contributed by atoms with Gasteiger partial charge in [0, 0.05) is 19.6 Å². The summed E-state index contributed by atoms with van der Waals surface area (Å²) >= 11 is 0. The van der Waals surface area contributed by atoms with Gasteiger partial charge in [-0.2, -0.15) is 0 Å². The van der Waals surface area contributed by atoms with Crippen LogP contribution in [0.15, 0.2) is 11.1 Å². The second-order valence-electron chi connectivity index (χ2n) is 5.81. The molecule has 9 nitrogen and oxygen atoms in total. The largest absolute Gasteiger partial charge is 0.372 e. The number of rotatable bonds is 3. The smallest absolute Gasteiger partial charge is 0.283 e. The maximum atomic E-state index is 12.4. The van der Waals surface area contributed by atoms with Gasteiger partial charge in [-0.25, -0.2) is 9.67 Å². The van der Waals surface area contributed by atoms with E-state index >= 15 is 0 Å². The molecule has 0 N–H and O–H groups in total. The Morgan fingerprint density at radius 1 is 1.35 bits per heavy atom. The van der Waals surface area contributed by atoms with Gasteiger partial charge in [0.2, 0.25) is 5.91 Å². The average Bonchev–Trinajstić information content (AvgIpc) is 2.92. The summed E-state index contributed by atoms with van der Waals surface area (Å²) in [4.78, 5) is 30.8. The minimum absolute atomic E-state index is 0.00974. The van der Waals surface area contributed by atoms with E-state index in [1.165, 1.54) is 10.9 Å². The maximum absolute atomic E-state index is 12.4. The standard InChI is InChI=1S/C14H20N6O3/c1-4-20-13-12(16-17-20)14(22)19(8-15-13)7-11(21)18-5-9(2)23-10(3)6-18/h8-10H,4-7H2,1-3H3. The highest BCUT2D eigenvalue weighted by Crippen LogP contribution is 2.11. The first-order valence-electron chi connectivity index (χ1n) is 7.71.